The summed E-state index contributed by atoms with van der Waals surface area (Å²) in [4.78, 5) is 19.8. The van der Waals surface area contributed by atoms with E-state index >= 15 is 0 Å². The Hall–Kier alpha value is -1.86. The first-order chi connectivity index (χ1) is 14.2. The minimum Gasteiger partial charge on any atom is -0.377 e. The number of benzene rings is 2. The number of piperidine rings is 1. The largest absolute Gasteiger partial charge is 0.377 e. The molecule has 2 aromatic rings. The third-order valence-corrected chi connectivity index (χ3v) is 7.45. The standard InChI is InChI=1S/C23H26N2O3S/c1-27-21-15-24(13-12-23(21)11-6-14-28-23)16-22(26)25-17-7-2-4-9-19(17)29-20-10-5-3-8-18(20)25/h2-5,7-10,21H,6,11-16H2,1H3/t21-,23-/m0/s1. The lowest BCUT2D eigenvalue weighted by atomic mass is 9.86. The topological polar surface area (TPSA) is 42.0 Å². The fourth-order valence-electron chi connectivity index (χ4n) is 4.84. The molecule has 2 aromatic carbocycles. The molecule has 0 bridgehead atoms. The van der Waals surface area contributed by atoms with Gasteiger partial charge in [-0.1, -0.05) is 36.0 Å². The highest BCUT2D eigenvalue weighted by Gasteiger charge is 2.47. The van der Waals surface area contributed by atoms with E-state index in [1.807, 2.05) is 41.3 Å². The van der Waals surface area contributed by atoms with Crippen molar-refractivity contribution >= 4 is 29.0 Å². The Bertz CT molecular complexity index is 867. The van der Waals surface area contributed by atoms with E-state index in [1.54, 1.807) is 18.9 Å². The van der Waals surface area contributed by atoms with E-state index in [1.165, 1.54) is 0 Å². The van der Waals surface area contributed by atoms with E-state index in [4.69, 9.17) is 9.47 Å². The molecule has 2 saturated heterocycles. The normalized spacial score (nSPS) is 26.4. The molecule has 3 aliphatic heterocycles. The first-order valence-electron chi connectivity index (χ1n) is 10.3. The number of anilines is 2. The summed E-state index contributed by atoms with van der Waals surface area (Å²) >= 11 is 1.72. The fourth-order valence-corrected chi connectivity index (χ4v) is 5.90. The Morgan fingerprint density at radius 2 is 1.83 bits per heavy atom. The summed E-state index contributed by atoms with van der Waals surface area (Å²) in [6, 6.07) is 16.3. The number of rotatable bonds is 3. The van der Waals surface area contributed by atoms with Crippen molar-refractivity contribution in [2.45, 2.75) is 40.8 Å². The zero-order chi connectivity index (χ0) is 19.8. The Labute approximate surface area is 176 Å². The van der Waals surface area contributed by atoms with Gasteiger partial charge in [-0.3, -0.25) is 14.6 Å². The van der Waals surface area contributed by atoms with Gasteiger partial charge < -0.3 is 9.47 Å². The highest BCUT2D eigenvalue weighted by Crippen LogP contribution is 2.48. The lowest BCUT2D eigenvalue weighted by molar-refractivity contribution is -0.145. The molecule has 0 aliphatic carbocycles. The van der Waals surface area contributed by atoms with Crippen LogP contribution in [-0.4, -0.2) is 55.9 Å². The summed E-state index contributed by atoms with van der Waals surface area (Å²) in [6.07, 6.45) is 3.08. The van der Waals surface area contributed by atoms with Gasteiger partial charge in [0.2, 0.25) is 5.91 Å². The van der Waals surface area contributed by atoms with Crippen LogP contribution in [0.3, 0.4) is 0 Å². The average molecular weight is 411 g/mol. The van der Waals surface area contributed by atoms with E-state index in [2.05, 4.69) is 17.0 Å². The molecule has 29 heavy (non-hydrogen) atoms. The molecule has 152 valence electrons. The lowest BCUT2D eigenvalue weighted by Crippen LogP contribution is -2.57. The highest BCUT2D eigenvalue weighted by molar-refractivity contribution is 7.99. The van der Waals surface area contributed by atoms with E-state index in [9.17, 15) is 4.79 Å². The molecule has 0 radical (unpaired) electrons. The lowest BCUT2D eigenvalue weighted by Gasteiger charge is -2.44. The third-order valence-electron chi connectivity index (χ3n) is 6.32. The molecule has 0 N–H and O–H groups in total. The molecule has 1 spiro atoms. The van der Waals surface area contributed by atoms with Crippen LogP contribution >= 0.6 is 11.8 Å². The Morgan fingerprint density at radius 1 is 1.14 bits per heavy atom. The summed E-state index contributed by atoms with van der Waals surface area (Å²) in [6.45, 7) is 2.78. The van der Waals surface area contributed by atoms with Crippen LogP contribution < -0.4 is 4.90 Å². The van der Waals surface area contributed by atoms with Crippen molar-refractivity contribution in [3.05, 3.63) is 48.5 Å². The number of carbonyl (C=O) groups is 1. The van der Waals surface area contributed by atoms with Crippen molar-refractivity contribution in [2.24, 2.45) is 0 Å². The van der Waals surface area contributed by atoms with Crippen molar-refractivity contribution in [3.8, 4) is 0 Å². The Morgan fingerprint density at radius 3 is 2.45 bits per heavy atom. The maximum atomic E-state index is 13.5. The van der Waals surface area contributed by atoms with E-state index in [0.717, 1.165) is 60.1 Å². The van der Waals surface area contributed by atoms with Crippen LogP contribution in [0.5, 0.6) is 0 Å². The number of hydrogen-bond donors (Lipinski definition) is 0. The summed E-state index contributed by atoms with van der Waals surface area (Å²) in [5, 5.41) is 0. The number of carbonyl (C=O) groups excluding carboxylic acids is 1. The predicted molar refractivity (Wildman–Crippen MR) is 114 cm³/mol. The minimum atomic E-state index is -0.157. The van der Waals surface area contributed by atoms with Gasteiger partial charge in [-0.2, -0.15) is 0 Å². The molecule has 1 amide bonds. The number of fused-ring (bicyclic) bond motifs is 2. The van der Waals surface area contributed by atoms with Crippen LogP contribution in [0.1, 0.15) is 19.3 Å². The van der Waals surface area contributed by atoms with E-state index in [0.29, 0.717) is 6.54 Å². The van der Waals surface area contributed by atoms with E-state index in [-0.39, 0.29) is 17.6 Å². The second-order valence-electron chi connectivity index (χ2n) is 7.99. The van der Waals surface area contributed by atoms with Crippen LogP contribution in [0.25, 0.3) is 0 Å². The summed E-state index contributed by atoms with van der Waals surface area (Å²) in [7, 11) is 1.76. The van der Waals surface area contributed by atoms with Gasteiger partial charge in [0.05, 0.1) is 29.6 Å². The molecule has 0 unspecified atom stereocenters. The maximum absolute atomic E-state index is 13.5. The van der Waals surface area contributed by atoms with Gasteiger partial charge in [-0.25, -0.2) is 0 Å². The molecule has 0 saturated carbocycles. The number of hydrogen-bond acceptors (Lipinski definition) is 5. The van der Waals surface area contributed by atoms with Gasteiger partial charge in [0.15, 0.2) is 0 Å². The van der Waals surface area contributed by atoms with Crippen molar-refractivity contribution < 1.29 is 14.3 Å². The van der Waals surface area contributed by atoms with Crippen molar-refractivity contribution in [3.63, 3.8) is 0 Å². The number of ether oxygens (including phenoxy) is 2. The molecular formula is C23H26N2O3S. The monoisotopic (exact) mass is 410 g/mol. The number of nitrogens with zero attached hydrogens (tertiary/aromatic N) is 2. The quantitative estimate of drug-likeness (QED) is 0.763. The number of para-hydroxylation sites is 2. The Balaban J connectivity index is 1.38. The van der Waals surface area contributed by atoms with Crippen LogP contribution in [0.4, 0.5) is 11.4 Å². The fraction of sp³-hybridized carbons (Fsp3) is 0.435. The molecule has 2 fully saturated rings. The first-order valence-corrected chi connectivity index (χ1v) is 11.1. The number of likely N-dealkylation sites (tertiary alicyclic amines) is 1. The molecule has 0 aromatic heterocycles. The van der Waals surface area contributed by atoms with Crippen LogP contribution in [0.15, 0.2) is 58.3 Å². The first kappa shape index (κ1) is 19.1. The highest BCUT2D eigenvalue weighted by atomic mass is 32.2. The summed E-state index contributed by atoms with van der Waals surface area (Å²) in [5.74, 6) is 0.100. The van der Waals surface area contributed by atoms with Gasteiger partial charge >= 0.3 is 0 Å². The zero-order valence-electron chi connectivity index (χ0n) is 16.7. The van der Waals surface area contributed by atoms with Crippen molar-refractivity contribution in [1.29, 1.82) is 0 Å². The third kappa shape index (κ3) is 3.38. The molecule has 5 rings (SSSR count). The van der Waals surface area contributed by atoms with Gasteiger partial charge in [0.1, 0.15) is 0 Å². The van der Waals surface area contributed by atoms with Crippen LogP contribution in [0, 0.1) is 0 Å². The van der Waals surface area contributed by atoms with Gasteiger partial charge in [0.25, 0.3) is 0 Å². The molecule has 2 atom stereocenters. The second kappa shape index (κ2) is 7.76. The summed E-state index contributed by atoms with van der Waals surface area (Å²) < 4.78 is 11.9. The molecular weight excluding hydrogens is 384 g/mol. The molecule has 5 nitrogen and oxygen atoms in total. The van der Waals surface area contributed by atoms with Gasteiger partial charge in [0, 0.05) is 36.6 Å². The van der Waals surface area contributed by atoms with Gasteiger partial charge in [-0.15, -0.1) is 0 Å². The second-order valence-corrected chi connectivity index (χ2v) is 9.08. The van der Waals surface area contributed by atoms with Crippen molar-refractivity contribution in [2.75, 3.05) is 38.3 Å². The van der Waals surface area contributed by atoms with Crippen molar-refractivity contribution in [1.82, 2.24) is 4.90 Å². The minimum absolute atomic E-state index is 0.0167. The smallest absolute Gasteiger partial charge is 0.245 e. The van der Waals surface area contributed by atoms with E-state index < -0.39 is 0 Å². The molecule has 3 aliphatic rings. The number of methoxy groups -OCH3 is 1. The molecule has 3 heterocycles. The van der Waals surface area contributed by atoms with Crippen LogP contribution in [0.2, 0.25) is 0 Å². The molecule has 6 heteroatoms. The summed E-state index contributed by atoms with van der Waals surface area (Å²) in [5.41, 5.74) is 1.78. The van der Waals surface area contributed by atoms with Crippen LogP contribution in [-0.2, 0) is 14.3 Å². The zero-order valence-corrected chi connectivity index (χ0v) is 17.5. The SMILES string of the molecule is CO[C@H]1CN(CC(=O)N2c3ccccc3Sc3ccccc32)CC[C@@]12CCCO2. The Kier molecular flexibility index (Phi) is 5.12. The average Bonchev–Trinajstić information content (AvgIpc) is 3.22. The van der Waals surface area contributed by atoms with Gasteiger partial charge in [-0.05, 0) is 43.5 Å². The number of amides is 1. The maximum Gasteiger partial charge on any atom is 0.245 e. The predicted octanol–water partition coefficient (Wildman–Crippen LogP) is 4.09.